The third kappa shape index (κ3) is 4.84. The first-order valence-electron chi connectivity index (χ1n) is 11.0. The number of hydrogen-bond acceptors (Lipinski definition) is 3. The quantitative estimate of drug-likeness (QED) is 0.667. The second-order valence-corrected chi connectivity index (χ2v) is 10.2. The van der Waals surface area contributed by atoms with Crippen molar-refractivity contribution in [3.63, 3.8) is 0 Å². The predicted molar refractivity (Wildman–Crippen MR) is 119 cm³/mol. The molecule has 2 fully saturated rings. The van der Waals surface area contributed by atoms with E-state index >= 15 is 0 Å². The van der Waals surface area contributed by atoms with Crippen molar-refractivity contribution in [3.05, 3.63) is 59.7 Å². The Kier molecular flexibility index (Phi) is 6.26. The molecule has 0 bridgehead atoms. The van der Waals surface area contributed by atoms with Crippen molar-refractivity contribution in [1.29, 1.82) is 0 Å². The summed E-state index contributed by atoms with van der Waals surface area (Å²) in [6.07, 6.45) is 7.36. The standard InChI is InChI=1S/C24H32N2O2S/c1-2-16-26-17-15-22(18-26)21-7-11-23(12-8-21)25-29(27,28)24-13-9-20(10-14-24)19-5-3-4-6-19/h7-14,19,22,25H,2-6,15-18H2,1H3/t22-/m1/s1. The van der Waals surface area contributed by atoms with Gasteiger partial charge < -0.3 is 4.90 Å². The molecule has 1 saturated carbocycles. The topological polar surface area (TPSA) is 49.4 Å². The lowest BCUT2D eigenvalue weighted by atomic mass is 9.98. The summed E-state index contributed by atoms with van der Waals surface area (Å²) in [6, 6.07) is 15.4. The number of nitrogens with zero attached hydrogens (tertiary/aromatic N) is 1. The van der Waals surface area contributed by atoms with E-state index in [4.69, 9.17) is 0 Å². The zero-order valence-corrected chi connectivity index (χ0v) is 18.1. The zero-order valence-electron chi connectivity index (χ0n) is 17.3. The molecule has 1 aliphatic heterocycles. The summed E-state index contributed by atoms with van der Waals surface area (Å²) in [6.45, 7) is 5.64. The number of nitrogens with one attached hydrogen (secondary N) is 1. The maximum atomic E-state index is 12.8. The lowest BCUT2D eigenvalue weighted by Gasteiger charge is -2.15. The molecule has 1 saturated heterocycles. The van der Waals surface area contributed by atoms with E-state index in [0.717, 1.165) is 19.6 Å². The van der Waals surface area contributed by atoms with Gasteiger partial charge >= 0.3 is 0 Å². The molecular formula is C24H32N2O2S. The van der Waals surface area contributed by atoms with Gasteiger partial charge in [-0.2, -0.15) is 0 Å². The predicted octanol–water partition coefficient (Wildman–Crippen LogP) is 5.34. The van der Waals surface area contributed by atoms with Crippen LogP contribution < -0.4 is 4.72 Å². The van der Waals surface area contributed by atoms with Gasteiger partial charge in [0.05, 0.1) is 4.90 Å². The van der Waals surface area contributed by atoms with Gasteiger partial charge in [-0.3, -0.25) is 4.72 Å². The third-order valence-corrected chi connectivity index (χ3v) is 7.86. The van der Waals surface area contributed by atoms with Crippen LogP contribution in [0.5, 0.6) is 0 Å². The first-order valence-corrected chi connectivity index (χ1v) is 12.5. The smallest absolute Gasteiger partial charge is 0.261 e. The minimum Gasteiger partial charge on any atom is -0.303 e. The lowest BCUT2D eigenvalue weighted by Crippen LogP contribution is -2.20. The number of rotatable bonds is 7. The average molecular weight is 413 g/mol. The second-order valence-electron chi connectivity index (χ2n) is 8.56. The van der Waals surface area contributed by atoms with E-state index in [1.54, 1.807) is 12.1 Å². The molecule has 2 aromatic carbocycles. The first-order chi connectivity index (χ1) is 14.0. The van der Waals surface area contributed by atoms with Gasteiger partial charge in [-0.1, -0.05) is 44.0 Å². The highest BCUT2D eigenvalue weighted by Crippen LogP contribution is 2.34. The highest BCUT2D eigenvalue weighted by atomic mass is 32.2. The summed E-state index contributed by atoms with van der Waals surface area (Å²) < 4.78 is 28.3. The fourth-order valence-electron chi connectivity index (χ4n) is 4.84. The molecular weight excluding hydrogens is 380 g/mol. The van der Waals surface area contributed by atoms with Gasteiger partial charge in [-0.25, -0.2) is 8.42 Å². The highest BCUT2D eigenvalue weighted by Gasteiger charge is 2.23. The van der Waals surface area contributed by atoms with Gasteiger partial charge in [-0.15, -0.1) is 0 Å². The molecule has 1 N–H and O–H groups in total. The summed E-state index contributed by atoms with van der Waals surface area (Å²) in [4.78, 5) is 2.84. The van der Waals surface area contributed by atoms with Crippen LogP contribution in [0.15, 0.2) is 53.4 Å². The van der Waals surface area contributed by atoms with Crippen molar-refractivity contribution in [2.24, 2.45) is 0 Å². The van der Waals surface area contributed by atoms with E-state index in [1.807, 2.05) is 24.3 Å². The molecule has 0 spiro atoms. The minimum atomic E-state index is -3.56. The fourth-order valence-corrected chi connectivity index (χ4v) is 5.90. The molecule has 1 atom stereocenters. The van der Waals surface area contributed by atoms with Crippen molar-refractivity contribution in [2.45, 2.75) is 62.2 Å². The molecule has 29 heavy (non-hydrogen) atoms. The second kappa shape index (κ2) is 8.88. The lowest BCUT2D eigenvalue weighted by molar-refractivity contribution is 0.335. The van der Waals surface area contributed by atoms with Gasteiger partial charge in [-0.05, 0) is 86.0 Å². The van der Waals surface area contributed by atoms with Crippen LogP contribution in [0.25, 0.3) is 0 Å². The molecule has 0 unspecified atom stereocenters. The van der Waals surface area contributed by atoms with E-state index in [9.17, 15) is 8.42 Å². The Labute approximate surface area is 175 Å². The van der Waals surface area contributed by atoms with Gasteiger partial charge in [0.25, 0.3) is 10.0 Å². The Morgan fingerprint density at radius 3 is 2.17 bits per heavy atom. The largest absolute Gasteiger partial charge is 0.303 e. The number of anilines is 1. The normalized spacial score (nSPS) is 20.9. The maximum Gasteiger partial charge on any atom is 0.261 e. The summed E-state index contributed by atoms with van der Waals surface area (Å²) in [5.74, 6) is 1.14. The van der Waals surface area contributed by atoms with E-state index < -0.39 is 10.0 Å². The molecule has 0 radical (unpaired) electrons. The maximum absolute atomic E-state index is 12.8. The van der Waals surface area contributed by atoms with Crippen molar-refractivity contribution in [1.82, 2.24) is 4.90 Å². The highest BCUT2D eigenvalue weighted by molar-refractivity contribution is 7.92. The van der Waals surface area contributed by atoms with Crippen molar-refractivity contribution < 1.29 is 8.42 Å². The molecule has 2 aromatic rings. The Balaban J connectivity index is 1.40. The molecule has 1 heterocycles. The van der Waals surface area contributed by atoms with Crippen LogP contribution >= 0.6 is 0 Å². The van der Waals surface area contributed by atoms with Crippen LogP contribution in [0.1, 0.15) is 68.4 Å². The number of sulfonamides is 1. The van der Waals surface area contributed by atoms with Crippen LogP contribution in [0.4, 0.5) is 5.69 Å². The molecule has 2 aliphatic rings. The van der Waals surface area contributed by atoms with Crippen LogP contribution in [-0.2, 0) is 10.0 Å². The molecule has 0 aromatic heterocycles. The van der Waals surface area contributed by atoms with Crippen LogP contribution in [0.2, 0.25) is 0 Å². The number of likely N-dealkylation sites (tertiary alicyclic amines) is 1. The Bertz CT molecular complexity index is 901. The molecule has 5 heteroatoms. The van der Waals surface area contributed by atoms with Crippen LogP contribution in [-0.4, -0.2) is 33.0 Å². The van der Waals surface area contributed by atoms with Crippen LogP contribution in [0, 0.1) is 0 Å². The van der Waals surface area contributed by atoms with Crippen molar-refractivity contribution >= 4 is 15.7 Å². The number of hydrogen-bond donors (Lipinski definition) is 1. The minimum absolute atomic E-state index is 0.328. The van der Waals surface area contributed by atoms with Gasteiger partial charge in [0.15, 0.2) is 0 Å². The zero-order chi connectivity index (χ0) is 20.3. The molecule has 1 aliphatic carbocycles. The molecule has 156 valence electrons. The summed E-state index contributed by atoms with van der Waals surface area (Å²) >= 11 is 0. The van der Waals surface area contributed by atoms with E-state index in [2.05, 4.69) is 28.7 Å². The summed E-state index contributed by atoms with van der Waals surface area (Å²) in [7, 11) is -3.56. The third-order valence-electron chi connectivity index (χ3n) is 6.46. The Morgan fingerprint density at radius 1 is 0.897 bits per heavy atom. The monoisotopic (exact) mass is 412 g/mol. The summed E-state index contributed by atoms with van der Waals surface area (Å²) in [5.41, 5.74) is 3.18. The molecule has 4 rings (SSSR count). The fraction of sp³-hybridized carbons (Fsp3) is 0.500. The van der Waals surface area contributed by atoms with Crippen LogP contribution in [0.3, 0.4) is 0 Å². The molecule has 0 amide bonds. The van der Waals surface area contributed by atoms with Gasteiger partial charge in [0, 0.05) is 12.2 Å². The SMILES string of the molecule is CCCN1CC[C@@H](c2ccc(NS(=O)(=O)c3ccc(C4CCCC4)cc3)cc2)C1. The molecule has 4 nitrogen and oxygen atoms in total. The van der Waals surface area contributed by atoms with E-state index in [-0.39, 0.29) is 0 Å². The Morgan fingerprint density at radius 2 is 1.52 bits per heavy atom. The van der Waals surface area contributed by atoms with Crippen molar-refractivity contribution in [3.8, 4) is 0 Å². The first kappa shape index (κ1) is 20.4. The van der Waals surface area contributed by atoms with Gasteiger partial charge in [0.1, 0.15) is 0 Å². The average Bonchev–Trinajstić information content (AvgIpc) is 3.41. The summed E-state index contributed by atoms with van der Waals surface area (Å²) in [5, 5.41) is 0. The van der Waals surface area contributed by atoms with Crippen molar-refractivity contribution in [2.75, 3.05) is 24.4 Å². The number of benzene rings is 2. The van der Waals surface area contributed by atoms with Gasteiger partial charge in [0.2, 0.25) is 0 Å². The van der Waals surface area contributed by atoms with E-state index in [1.165, 1.54) is 49.7 Å². The Hall–Kier alpha value is -1.85. The van der Waals surface area contributed by atoms with E-state index in [0.29, 0.717) is 22.4 Å².